The number of nitriles is 1. The molecule has 1 atom stereocenters. The number of nitrogens with one attached hydrogen (secondary N) is 1. The molecule has 1 fully saturated rings. The molecule has 1 aliphatic carbocycles. The van der Waals surface area contributed by atoms with Gasteiger partial charge in [-0.3, -0.25) is 4.79 Å². The number of carbonyl (C=O) groups is 1. The van der Waals surface area contributed by atoms with Crippen LogP contribution in [0.25, 0.3) is 0 Å². The molecule has 0 aromatic carbocycles. The Balaban J connectivity index is 2.01. The number of aryl methyl sites for hydroxylation is 2. The van der Waals surface area contributed by atoms with Crippen molar-refractivity contribution >= 4 is 11.7 Å². The molecule has 2 heterocycles. The van der Waals surface area contributed by atoms with Gasteiger partial charge in [0, 0.05) is 19.3 Å². The van der Waals surface area contributed by atoms with Gasteiger partial charge in [0.15, 0.2) is 0 Å². The molecule has 21 heavy (non-hydrogen) atoms. The first-order chi connectivity index (χ1) is 10.2. The van der Waals surface area contributed by atoms with Crippen LogP contribution in [0.5, 0.6) is 0 Å². The van der Waals surface area contributed by atoms with Gasteiger partial charge in [-0.25, -0.2) is 4.98 Å². The number of ether oxygens (including phenoxy) is 1. The van der Waals surface area contributed by atoms with Gasteiger partial charge in [-0.2, -0.15) is 5.26 Å². The number of likely N-dealkylation sites (N-methyl/N-ethyl adjacent to an activating group) is 1. The SMILES string of the molecule is CNC(=O)C1COCCN1c1nc2c(cc1C#N)CCC2. The van der Waals surface area contributed by atoms with E-state index in [-0.39, 0.29) is 5.91 Å². The summed E-state index contributed by atoms with van der Waals surface area (Å²) in [4.78, 5) is 18.6. The minimum Gasteiger partial charge on any atom is -0.377 e. The van der Waals surface area contributed by atoms with Crippen LogP contribution < -0.4 is 10.2 Å². The normalized spacial score (nSPS) is 20.8. The molecule has 1 saturated heterocycles. The maximum atomic E-state index is 12.0. The maximum Gasteiger partial charge on any atom is 0.244 e. The number of rotatable bonds is 2. The highest BCUT2D eigenvalue weighted by Gasteiger charge is 2.32. The second-order valence-corrected chi connectivity index (χ2v) is 5.33. The summed E-state index contributed by atoms with van der Waals surface area (Å²) in [5.41, 5.74) is 2.78. The van der Waals surface area contributed by atoms with E-state index in [0.717, 1.165) is 25.0 Å². The molecule has 6 heteroatoms. The van der Waals surface area contributed by atoms with Crippen LogP contribution in [0.1, 0.15) is 23.2 Å². The standard InChI is InChI=1S/C15H18N4O2/c1-17-15(20)13-9-21-6-5-19(13)14-11(8-16)7-10-3-2-4-12(10)18-14/h7,13H,2-6,9H2,1H3,(H,17,20). The number of hydrogen-bond acceptors (Lipinski definition) is 5. The molecule has 0 bridgehead atoms. The summed E-state index contributed by atoms with van der Waals surface area (Å²) in [6.45, 7) is 1.43. The van der Waals surface area contributed by atoms with Crippen molar-refractivity contribution in [2.45, 2.75) is 25.3 Å². The van der Waals surface area contributed by atoms with E-state index in [4.69, 9.17) is 4.74 Å². The van der Waals surface area contributed by atoms with Crippen LogP contribution in [0, 0.1) is 11.3 Å². The Hall–Kier alpha value is -2.13. The number of fused-ring (bicyclic) bond motifs is 1. The molecule has 6 nitrogen and oxygen atoms in total. The van der Waals surface area contributed by atoms with E-state index in [1.165, 1.54) is 5.56 Å². The number of morpholine rings is 1. The Morgan fingerprint density at radius 1 is 1.57 bits per heavy atom. The quantitative estimate of drug-likeness (QED) is 0.851. The summed E-state index contributed by atoms with van der Waals surface area (Å²) in [5.74, 6) is 0.510. The summed E-state index contributed by atoms with van der Waals surface area (Å²) in [7, 11) is 1.61. The van der Waals surface area contributed by atoms with Gasteiger partial charge in [-0.1, -0.05) is 0 Å². The van der Waals surface area contributed by atoms with E-state index in [0.29, 0.717) is 31.1 Å². The van der Waals surface area contributed by atoms with E-state index in [1.807, 2.05) is 11.0 Å². The van der Waals surface area contributed by atoms with Crippen LogP contribution in [0.4, 0.5) is 5.82 Å². The summed E-state index contributed by atoms with van der Waals surface area (Å²) in [6.07, 6.45) is 3.01. The third-order valence-corrected chi connectivity index (χ3v) is 4.10. The van der Waals surface area contributed by atoms with Crippen LogP contribution in [0.15, 0.2) is 6.07 Å². The molecule has 1 aromatic rings. The van der Waals surface area contributed by atoms with E-state index >= 15 is 0 Å². The first kappa shape index (κ1) is 13.8. The summed E-state index contributed by atoms with van der Waals surface area (Å²) < 4.78 is 5.41. The van der Waals surface area contributed by atoms with Crippen molar-refractivity contribution in [2.75, 3.05) is 31.7 Å². The van der Waals surface area contributed by atoms with Gasteiger partial charge in [0.1, 0.15) is 17.9 Å². The third kappa shape index (κ3) is 2.45. The van der Waals surface area contributed by atoms with Crippen molar-refractivity contribution in [2.24, 2.45) is 0 Å². The predicted molar refractivity (Wildman–Crippen MR) is 77.0 cm³/mol. The number of aromatic nitrogens is 1. The van der Waals surface area contributed by atoms with E-state index < -0.39 is 6.04 Å². The average molecular weight is 286 g/mol. The van der Waals surface area contributed by atoms with E-state index in [1.54, 1.807) is 7.05 Å². The minimum atomic E-state index is -0.428. The van der Waals surface area contributed by atoms with Gasteiger partial charge < -0.3 is 15.0 Å². The van der Waals surface area contributed by atoms with Crippen LogP contribution in [0.2, 0.25) is 0 Å². The first-order valence-electron chi connectivity index (χ1n) is 7.23. The Morgan fingerprint density at radius 2 is 2.43 bits per heavy atom. The lowest BCUT2D eigenvalue weighted by Gasteiger charge is -2.35. The second-order valence-electron chi connectivity index (χ2n) is 5.33. The van der Waals surface area contributed by atoms with Gasteiger partial charge in [0.25, 0.3) is 0 Å². The van der Waals surface area contributed by atoms with E-state index in [2.05, 4.69) is 16.4 Å². The molecule has 0 radical (unpaired) electrons. The van der Waals surface area contributed by atoms with Crippen LogP contribution in [0.3, 0.4) is 0 Å². The van der Waals surface area contributed by atoms with Crippen LogP contribution in [-0.4, -0.2) is 43.7 Å². The van der Waals surface area contributed by atoms with Gasteiger partial charge in [-0.05, 0) is 30.9 Å². The number of pyridine rings is 1. The van der Waals surface area contributed by atoms with Crippen molar-refractivity contribution < 1.29 is 9.53 Å². The fraction of sp³-hybridized carbons (Fsp3) is 0.533. The van der Waals surface area contributed by atoms with Gasteiger partial charge in [-0.15, -0.1) is 0 Å². The largest absolute Gasteiger partial charge is 0.377 e. The van der Waals surface area contributed by atoms with Crippen molar-refractivity contribution in [1.82, 2.24) is 10.3 Å². The summed E-state index contributed by atoms with van der Waals surface area (Å²) >= 11 is 0. The molecular weight excluding hydrogens is 268 g/mol. The summed E-state index contributed by atoms with van der Waals surface area (Å²) in [5, 5.41) is 12.1. The fourth-order valence-corrected chi connectivity index (χ4v) is 3.00. The van der Waals surface area contributed by atoms with Crippen molar-refractivity contribution in [3.63, 3.8) is 0 Å². The van der Waals surface area contributed by atoms with Crippen molar-refractivity contribution in [1.29, 1.82) is 5.26 Å². The summed E-state index contributed by atoms with van der Waals surface area (Å²) in [6, 6.07) is 3.73. The Labute approximate surface area is 123 Å². The molecule has 0 spiro atoms. The zero-order chi connectivity index (χ0) is 14.8. The lowest BCUT2D eigenvalue weighted by atomic mass is 10.1. The highest BCUT2D eigenvalue weighted by molar-refractivity contribution is 5.85. The van der Waals surface area contributed by atoms with E-state index in [9.17, 15) is 10.1 Å². The number of amides is 1. The minimum absolute atomic E-state index is 0.110. The highest BCUT2D eigenvalue weighted by atomic mass is 16.5. The Morgan fingerprint density at radius 3 is 3.19 bits per heavy atom. The lowest BCUT2D eigenvalue weighted by Crippen LogP contribution is -2.54. The second kappa shape index (κ2) is 5.70. The number of nitrogens with zero attached hydrogens (tertiary/aromatic N) is 3. The topological polar surface area (TPSA) is 78.2 Å². The Kier molecular flexibility index (Phi) is 3.76. The predicted octanol–water partition coefficient (Wildman–Crippen LogP) is 0.393. The maximum absolute atomic E-state index is 12.0. The molecule has 0 saturated carbocycles. The van der Waals surface area contributed by atoms with Gasteiger partial charge >= 0.3 is 0 Å². The molecule has 2 aliphatic rings. The lowest BCUT2D eigenvalue weighted by molar-refractivity contribution is -0.124. The van der Waals surface area contributed by atoms with Crippen LogP contribution >= 0.6 is 0 Å². The van der Waals surface area contributed by atoms with Crippen molar-refractivity contribution in [3.05, 3.63) is 22.9 Å². The molecular formula is C15H18N4O2. The molecule has 1 aliphatic heterocycles. The molecule has 1 unspecified atom stereocenters. The van der Waals surface area contributed by atoms with Crippen molar-refractivity contribution in [3.8, 4) is 6.07 Å². The molecule has 3 rings (SSSR count). The molecule has 1 N–H and O–H groups in total. The number of carbonyl (C=O) groups excluding carboxylic acids is 1. The molecule has 1 amide bonds. The zero-order valence-corrected chi connectivity index (χ0v) is 12.1. The number of hydrogen-bond donors (Lipinski definition) is 1. The fourth-order valence-electron chi connectivity index (χ4n) is 3.00. The average Bonchev–Trinajstić information content (AvgIpc) is 3.00. The smallest absolute Gasteiger partial charge is 0.244 e. The third-order valence-electron chi connectivity index (χ3n) is 4.10. The van der Waals surface area contributed by atoms with Gasteiger partial charge in [0.05, 0.1) is 18.8 Å². The molecule has 1 aromatic heterocycles. The number of anilines is 1. The Bertz CT molecular complexity index is 608. The van der Waals surface area contributed by atoms with Crippen LogP contribution in [-0.2, 0) is 22.4 Å². The molecule has 110 valence electrons. The first-order valence-corrected chi connectivity index (χ1v) is 7.23. The highest BCUT2D eigenvalue weighted by Crippen LogP contribution is 2.28. The van der Waals surface area contributed by atoms with Gasteiger partial charge in [0.2, 0.25) is 5.91 Å². The monoisotopic (exact) mass is 286 g/mol. The zero-order valence-electron chi connectivity index (χ0n) is 12.1.